The van der Waals surface area contributed by atoms with Crippen LogP contribution < -0.4 is 27.4 Å². The van der Waals surface area contributed by atoms with Crippen LogP contribution in [0.4, 0.5) is 0 Å². The summed E-state index contributed by atoms with van der Waals surface area (Å²) in [7, 11) is 0. The molecule has 0 aliphatic rings. The van der Waals surface area contributed by atoms with Crippen molar-refractivity contribution in [3.8, 4) is 0 Å². The maximum Gasteiger partial charge on any atom is 0.325 e. The number of nitrogens with one attached hydrogen (secondary N) is 3. The summed E-state index contributed by atoms with van der Waals surface area (Å²) in [6.45, 7) is 5.52. The van der Waals surface area contributed by atoms with Gasteiger partial charge in [-0.05, 0) is 38.6 Å². The summed E-state index contributed by atoms with van der Waals surface area (Å²) in [4.78, 5) is 48.2. The average molecular weight is 434 g/mol. The van der Waals surface area contributed by atoms with Crippen molar-refractivity contribution in [2.45, 2.75) is 70.6 Å². The number of thiol groups is 1. The number of hydrogen-bond donors (Lipinski definition) is 7. The summed E-state index contributed by atoms with van der Waals surface area (Å²) < 4.78 is 0. The van der Waals surface area contributed by atoms with Crippen LogP contribution in [-0.4, -0.2) is 65.3 Å². The van der Waals surface area contributed by atoms with Gasteiger partial charge in [0.25, 0.3) is 0 Å². The van der Waals surface area contributed by atoms with Crippen molar-refractivity contribution in [2.24, 2.45) is 17.4 Å². The van der Waals surface area contributed by atoms with Crippen molar-refractivity contribution in [2.75, 3.05) is 12.3 Å². The van der Waals surface area contributed by atoms with Crippen LogP contribution in [0.5, 0.6) is 0 Å². The van der Waals surface area contributed by atoms with E-state index in [1.165, 1.54) is 6.92 Å². The molecule has 29 heavy (non-hydrogen) atoms. The second-order valence-electron chi connectivity index (χ2n) is 7.07. The quantitative estimate of drug-likeness (QED) is 0.135. The third-order valence-corrected chi connectivity index (χ3v) is 5.05. The van der Waals surface area contributed by atoms with Crippen molar-refractivity contribution < 1.29 is 24.3 Å². The van der Waals surface area contributed by atoms with E-state index < -0.39 is 47.9 Å². The molecule has 10 nitrogen and oxygen atoms in total. The normalized spacial score (nSPS) is 16.1. The lowest BCUT2D eigenvalue weighted by Crippen LogP contribution is -2.57. The van der Waals surface area contributed by atoms with E-state index in [0.29, 0.717) is 32.2 Å². The van der Waals surface area contributed by atoms with Crippen LogP contribution >= 0.6 is 12.6 Å². The molecule has 0 saturated heterocycles. The molecule has 3 amide bonds. The molecule has 0 aromatic heterocycles. The zero-order valence-corrected chi connectivity index (χ0v) is 18.2. The molecule has 0 aliphatic carbocycles. The molecule has 8 N–H and O–H groups in total. The van der Waals surface area contributed by atoms with Gasteiger partial charge in [-0.25, -0.2) is 0 Å². The SMILES string of the molecule is CCC(C)C(N)C(=O)NC(CCCCN)C(=O)NC(CS)C(=O)NC(C)C(=O)O. The van der Waals surface area contributed by atoms with Gasteiger partial charge >= 0.3 is 5.97 Å². The lowest BCUT2D eigenvalue weighted by Gasteiger charge is -2.25. The first-order valence-corrected chi connectivity index (χ1v) is 10.4. The zero-order chi connectivity index (χ0) is 22.6. The number of unbranched alkanes of at least 4 members (excludes halogenated alkanes) is 1. The van der Waals surface area contributed by atoms with Crippen LogP contribution in [0.15, 0.2) is 0 Å². The molecule has 0 aromatic carbocycles. The van der Waals surface area contributed by atoms with E-state index in [9.17, 15) is 19.2 Å². The lowest BCUT2D eigenvalue weighted by atomic mass is 9.98. The first kappa shape index (κ1) is 27.1. The van der Waals surface area contributed by atoms with E-state index in [2.05, 4.69) is 28.6 Å². The maximum absolute atomic E-state index is 12.7. The Balaban J connectivity index is 5.14. The average Bonchev–Trinajstić information content (AvgIpc) is 2.69. The number of nitrogens with two attached hydrogens (primary N) is 2. The second kappa shape index (κ2) is 14.2. The van der Waals surface area contributed by atoms with Gasteiger partial charge < -0.3 is 32.5 Å². The fourth-order valence-electron chi connectivity index (χ4n) is 2.38. The molecule has 0 bridgehead atoms. The Morgan fingerprint density at radius 3 is 2.00 bits per heavy atom. The Kier molecular flexibility index (Phi) is 13.3. The molecule has 168 valence electrons. The van der Waals surface area contributed by atoms with Crippen molar-refractivity contribution >= 4 is 36.3 Å². The molecule has 0 heterocycles. The van der Waals surface area contributed by atoms with Gasteiger partial charge in [-0.3, -0.25) is 19.2 Å². The van der Waals surface area contributed by atoms with Gasteiger partial charge in [0.05, 0.1) is 6.04 Å². The van der Waals surface area contributed by atoms with Gasteiger partial charge in [0, 0.05) is 5.75 Å². The van der Waals surface area contributed by atoms with E-state index in [1.54, 1.807) is 0 Å². The number of carboxylic acids is 1. The minimum Gasteiger partial charge on any atom is -0.480 e. The van der Waals surface area contributed by atoms with Crippen LogP contribution in [0.3, 0.4) is 0 Å². The fourth-order valence-corrected chi connectivity index (χ4v) is 2.64. The number of hydrogen-bond acceptors (Lipinski definition) is 7. The topological polar surface area (TPSA) is 177 Å². The van der Waals surface area contributed by atoms with Crippen LogP contribution in [0.25, 0.3) is 0 Å². The van der Waals surface area contributed by atoms with Gasteiger partial charge in [-0.15, -0.1) is 0 Å². The fraction of sp³-hybridized carbons (Fsp3) is 0.778. The first-order valence-electron chi connectivity index (χ1n) is 9.79. The van der Waals surface area contributed by atoms with Gasteiger partial charge in [-0.2, -0.15) is 12.6 Å². The molecule has 5 unspecified atom stereocenters. The summed E-state index contributed by atoms with van der Waals surface area (Å²) >= 11 is 4.05. The van der Waals surface area contributed by atoms with E-state index in [-0.39, 0.29) is 11.7 Å². The van der Waals surface area contributed by atoms with Crippen LogP contribution in [0, 0.1) is 5.92 Å². The van der Waals surface area contributed by atoms with Gasteiger partial charge in [0.15, 0.2) is 0 Å². The number of amides is 3. The summed E-state index contributed by atoms with van der Waals surface area (Å²) in [5.41, 5.74) is 11.4. The summed E-state index contributed by atoms with van der Waals surface area (Å²) in [5.74, 6) is -2.99. The number of carbonyl (C=O) groups is 4. The van der Waals surface area contributed by atoms with Crippen LogP contribution in [-0.2, 0) is 19.2 Å². The lowest BCUT2D eigenvalue weighted by molar-refractivity contribution is -0.141. The summed E-state index contributed by atoms with van der Waals surface area (Å²) in [6.07, 6.45) is 2.31. The molecular formula is C18H35N5O5S. The predicted octanol–water partition coefficient (Wildman–Crippen LogP) is -1.02. The molecule has 0 saturated carbocycles. The molecule has 5 atom stereocenters. The molecular weight excluding hydrogens is 398 g/mol. The van der Waals surface area contributed by atoms with Crippen molar-refractivity contribution in [3.63, 3.8) is 0 Å². The highest BCUT2D eigenvalue weighted by molar-refractivity contribution is 7.80. The minimum atomic E-state index is -1.20. The zero-order valence-electron chi connectivity index (χ0n) is 17.3. The number of rotatable bonds is 14. The highest BCUT2D eigenvalue weighted by Crippen LogP contribution is 2.08. The summed E-state index contributed by atoms with van der Waals surface area (Å²) in [6, 6.07) is -3.82. The smallest absolute Gasteiger partial charge is 0.325 e. The monoisotopic (exact) mass is 433 g/mol. The Morgan fingerprint density at radius 1 is 0.966 bits per heavy atom. The number of aliphatic carboxylic acids is 1. The molecule has 11 heteroatoms. The van der Waals surface area contributed by atoms with E-state index in [4.69, 9.17) is 16.6 Å². The molecule has 0 aromatic rings. The number of carbonyl (C=O) groups excluding carboxylic acids is 3. The van der Waals surface area contributed by atoms with Crippen molar-refractivity contribution in [1.29, 1.82) is 0 Å². The molecule has 0 spiro atoms. The second-order valence-corrected chi connectivity index (χ2v) is 7.43. The largest absolute Gasteiger partial charge is 0.480 e. The number of carboxylic acid groups (broad SMARTS) is 1. The maximum atomic E-state index is 12.7. The summed E-state index contributed by atoms with van der Waals surface area (Å²) in [5, 5.41) is 16.4. The molecule has 0 radical (unpaired) electrons. The van der Waals surface area contributed by atoms with Crippen molar-refractivity contribution in [3.05, 3.63) is 0 Å². The van der Waals surface area contributed by atoms with Crippen LogP contribution in [0.2, 0.25) is 0 Å². The Morgan fingerprint density at radius 2 is 1.52 bits per heavy atom. The van der Waals surface area contributed by atoms with Gasteiger partial charge in [0.2, 0.25) is 17.7 Å². The van der Waals surface area contributed by atoms with Crippen LogP contribution in [0.1, 0.15) is 46.5 Å². The van der Waals surface area contributed by atoms with E-state index in [0.717, 1.165) is 0 Å². The highest BCUT2D eigenvalue weighted by atomic mass is 32.1. The predicted molar refractivity (Wildman–Crippen MR) is 113 cm³/mol. The Hall–Kier alpha value is -1.85. The first-order chi connectivity index (χ1) is 13.6. The third kappa shape index (κ3) is 9.95. The molecule has 0 fully saturated rings. The third-order valence-electron chi connectivity index (χ3n) is 4.68. The van der Waals surface area contributed by atoms with Gasteiger partial charge in [-0.1, -0.05) is 20.3 Å². The highest BCUT2D eigenvalue weighted by Gasteiger charge is 2.29. The van der Waals surface area contributed by atoms with E-state index >= 15 is 0 Å². The van der Waals surface area contributed by atoms with E-state index in [1.807, 2.05) is 13.8 Å². The van der Waals surface area contributed by atoms with Gasteiger partial charge in [0.1, 0.15) is 18.1 Å². The van der Waals surface area contributed by atoms with Crippen molar-refractivity contribution in [1.82, 2.24) is 16.0 Å². The standard InChI is InChI=1S/C18H35N5O5S/c1-4-10(2)14(20)17(26)22-12(7-5-6-8-19)15(24)23-13(9-29)16(25)21-11(3)18(27)28/h10-14,29H,4-9,19-20H2,1-3H3,(H,21,25)(H,22,26)(H,23,24)(H,27,28). The Labute approximate surface area is 177 Å². The Bertz CT molecular complexity index is 563. The molecule has 0 aliphatic heterocycles. The minimum absolute atomic E-state index is 0.0419. The molecule has 0 rings (SSSR count).